The number of carbonyl (C=O) groups excluding carboxylic acids is 1. The van der Waals surface area contributed by atoms with Crippen LogP contribution in [0.15, 0.2) is 11.6 Å². The van der Waals surface area contributed by atoms with Crippen LogP contribution in [0.2, 0.25) is 0 Å². The first-order valence-corrected chi connectivity index (χ1v) is 12.8. The van der Waals surface area contributed by atoms with Crippen molar-refractivity contribution in [3.8, 4) is 0 Å². The molecule has 0 radical (unpaired) electrons. The van der Waals surface area contributed by atoms with Gasteiger partial charge in [-0.1, -0.05) is 33.3 Å². The molecule has 3 saturated carbocycles. The predicted octanol–water partition coefficient (Wildman–Crippen LogP) is 5.92. The smallest absolute Gasteiger partial charge is 0.171 e. The van der Waals surface area contributed by atoms with E-state index in [1.165, 1.54) is 37.7 Å². The molecule has 6 rings (SSSR count). The molecule has 1 spiro atoms. The molecule has 0 bridgehead atoms. The lowest BCUT2D eigenvalue weighted by atomic mass is 9.46. The molecule has 30 heavy (non-hydrogen) atoms. The highest BCUT2D eigenvalue weighted by molar-refractivity contribution is 5.91. The second kappa shape index (κ2) is 6.44. The fourth-order valence-corrected chi connectivity index (χ4v) is 9.58. The van der Waals surface area contributed by atoms with Crippen LogP contribution >= 0.6 is 0 Å². The summed E-state index contributed by atoms with van der Waals surface area (Å²) in [7, 11) is 0. The first kappa shape index (κ1) is 20.0. The Bertz CT molecular complexity index is 777. The summed E-state index contributed by atoms with van der Waals surface area (Å²) in [6, 6.07) is 0. The molecule has 10 atom stereocenters. The van der Waals surface area contributed by atoms with Gasteiger partial charge >= 0.3 is 0 Å². The van der Waals surface area contributed by atoms with Crippen molar-refractivity contribution in [3.05, 3.63) is 11.6 Å². The van der Waals surface area contributed by atoms with Crippen LogP contribution in [0.4, 0.5) is 0 Å². The minimum absolute atomic E-state index is 0.270. The highest BCUT2D eigenvalue weighted by Crippen LogP contribution is 2.70. The van der Waals surface area contributed by atoms with Crippen molar-refractivity contribution in [2.75, 3.05) is 6.61 Å². The number of ether oxygens (including phenoxy) is 2. The number of ketones is 1. The molecule has 2 saturated heterocycles. The summed E-state index contributed by atoms with van der Waals surface area (Å²) >= 11 is 0. The third-order valence-corrected chi connectivity index (χ3v) is 11.2. The predicted molar refractivity (Wildman–Crippen MR) is 117 cm³/mol. The summed E-state index contributed by atoms with van der Waals surface area (Å²) < 4.78 is 13.3. The maximum absolute atomic E-state index is 12.1. The van der Waals surface area contributed by atoms with E-state index in [1.807, 2.05) is 6.08 Å². The lowest BCUT2D eigenvalue weighted by molar-refractivity contribution is -0.272. The highest BCUT2D eigenvalue weighted by atomic mass is 16.7. The summed E-state index contributed by atoms with van der Waals surface area (Å²) in [5.41, 5.74) is 2.14. The molecule has 0 aromatic rings. The Morgan fingerprint density at radius 3 is 2.60 bits per heavy atom. The summed E-state index contributed by atoms with van der Waals surface area (Å²) in [5, 5.41) is 0. The summed E-state index contributed by atoms with van der Waals surface area (Å²) in [6.07, 6.45) is 12.9. The van der Waals surface area contributed by atoms with Crippen LogP contribution in [0, 0.1) is 46.3 Å². The van der Waals surface area contributed by atoms with E-state index in [1.54, 1.807) is 0 Å². The Morgan fingerprint density at radius 1 is 1.00 bits per heavy atom. The molecule has 0 N–H and O–H groups in total. The van der Waals surface area contributed by atoms with Gasteiger partial charge in [0.25, 0.3) is 0 Å². The van der Waals surface area contributed by atoms with Crippen molar-refractivity contribution in [1.29, 1.82) is 0 Å². The van der Waals surface area contributed by atoms with Crippen molar-refractivity contribution in [2.24, 2.45) is 46.3 Å². The van der Waals surface area contributed by atoms with Crippen molar-refractivity contribution in [2.45, 2.75) is 97.4 Å². The SMILES string of the molecule is C[C@H]1CC[C@]2(OC1)O[C@H]1C[C@H]3[C@H]4CCC5=CC(=O)CC[C@]5(C)[C@@H]4CC[C@]3(C)[C@@H]1[C@@H]2C. The zero-order valence-electron chi connectivity index (χ0n) is 19.4. The van der Waals surface area contributed by atoms with E-state index in [2.05, 4.69) is 27.7 Å². The van der Waals surface area contributed by atoms with Crippen molar-refractivity contribution in [1.82, 2.24) is 0 Å². The summed E-state index contributed by atoms with van der Waals surface area (Å²) in [4.78, 5) is 12.1. The lowest BCUT2D eigenvalue weighted by Gasteiger charge is -2.58. The van der Waals surface area contributed by atoms with E-state index in [0.717, 1.165) is 50.0 Å². The van der Waals surface area contributed by atoms with Gasteiger partial charge in [-0.15, -0.1) is 0 Å². The highest BCUT2D eigenvalue weighted by Gasteiger charge is 2.68. The Hall–Kier alpha value is -0.670. The first-order valence-electron chi connectivity index (χ1n) is 12.8. The Kier molecular flexibility index (Phi) is 4.29. The van der Waals surface area contributed by atoms with Gasteiger partial charge in [0.1, 0.15) is 0 Å². The van der Waals surface area contributed by atoms with Gasteiger partial charge in [0.05, 0.1) is 12.7 Å². The maximum Gasteiger partial charge on any atom is 0.171 e. The van der Waals surface area contributed by atoms with Crippen LogP contribution in [0.5, 0.6) is 0 Å². The molecule has 2 heterocycles. The Balaban J connectivity index is 1.28. The number of allylic oxidation sites excluding steroid dienone is 1. The van der Waals surface area contributed by atoms with Crippen molar-refractivity contribution in [3.63, 3.8) is 0 Å². The molecule has 0 amide bonds. The Morgan fingerprint density at radius 2 is 1.83 bits per heavy atom. The monoisotopic (exact) mass is 412 g/mol. The maximum atomic E-state index is 12.1. The molecule has 166 valence electrons. The van der Waals surface area contributed by atoms with Gasteiger partial charge in [-0.05, 0) is 91.4 Å². The van der Waals surface area contributed by atoms with E-state index >= 15 is 0 Å². The Labute approximate surface area is 182 Å². The van der Waals surface area contributed by atoms with E-state index in [-0.39, 0.29) is 11.2 Å². The van der Waals surface area contributed by atoms with Crippen LogP contribution in [0.25, 0.3) is 0 Å². The molecular weight excluding hydrogens is 372 g/mol. The van der Waals surface area contributed by atoms with Gasteiger partial charge in [0.2, 0.25) is 0 Å². The molecular formula is C27H40O3. The topological polar surface area (TPSA) is 35.5 Å². The number of hydrogen-bond donors (Lipinski definition) is 0. The number of hydrogen-bond acceptors (Lipinski definition) is 3. The number of carbonyl (C=O) groups is 1. The number of fused-ring (bicyclic) bond motifs is 7. The molecule has 5 fully saturated rings. The first-order chi connectivity index (χ1) is 14.3. The van der Waals surface area contributed by atoms with Gasteiger partial charge in [0, 0.05) is 18.8 Å². The van der Waals surface area contributed by atoms with E-state index in [0.29, 0.717) is 35.1 Å². The molecule has 3 nitrogen and oxygen atoms in total. The standard InChI is InChI=1S/C27H40O3/c1-16-7-12-27(29-15-16)17(2)24-23(30-27)14-22-20-6-5-18-13-19(28)8-10-25(18,3)21(20)9-11-26(22,24)4/h13,16-17,20-24H,5-12,14-15H2,1-4H3/t16-,17-,20-,21+,22-,23-,24+,25-,26-,27-/m0/s1. The minimum Gasteiger partial charge on any atom is -0.349 e. The van der Waals surface area contributed by atoms with Gasteiger partial charge < -0.3 is 9.47 Å². The summed E-state index contributed by atoms with van der Waals surface area (Å²) in [5.74, 6) is 4.24. The largest absolute Gasteiger partial charge is 0.349 e. The molecule has 3 heteroatoms. The van der Waals surface area contributed by atoms with Gasteiger partial charge in [-0.3, -0.25) is 4.79 Å². The second-order valence-electron chi connectivity index (χ2n) is 12.5. The van der Waals surface area contributed by atoms with Gasteiger partial charge in [-0.25, -0.2) is 0 Å². The fraction of sp³-hybridized carbons (Fsp3) is 0.889. The zero-order chi connectivity index (χ0) is 20.9. The summed E-state index contributed by atoms with van der Waals surface area (Å²) in [6.45, 7) is 10.7. The zero-order valence-corrected chi connectivity index (χ0v) is 19.4. The molecule has 0 aromatic carbocycles. The van der Waals surface area contributed by atoms with Crippen LogP contribution in [-0.4, -0.2) is 24.3 Å². The van der Waals surface area contributed by atoms with Gasteiger partial charge in [0.15, 0.2) is 11.6 Å². The third-order valence-electron chi connectivity index (χ3n) is 11.2. The molecule has 2 aliphatic heterocycles. The van der Waals surface area contributed by atoms with Crippen LogP contribution < -0.4 is 0 Å². The minimum atomic E-state index is -0.301. The normalized spacial score (nSPS) is 57.4. The van der Waals surface area contributed by atoms with Crippen LogP contribution in [-0.2, 0) is 14.3 Å². The van der Waals surface area contributed by atoms with E-state index in [9.17, 15) is 4.79 Å². The average Bonchev–Trinajstić information content (AvgIpc) is 3.16. The van der Waals surface area contributed by atoms with Crippen LogP contribution in [0.1, 0.15) is 85.5 Å². The van der Waals surface area contributed by atoms with Gasteiger partial charge in [-0.2, -0.15) is 0 Å². The average molecular weight is 413 g/mol. The van der Waals surface area contributed by atoms with E-state index in [4.69, 9.17) is 9.47 Å². The third kappa shape index (κ3) is 2.48. The quantitative estimate of drug-likeness (QED) is 0.495. The second-order valence-corrected chi connectivity index (χ2v) is 12.5. The number of rotatable bonds is 0. The molecule has 0 unspecified atom stereocenters. The molecule has 0 aromatic heterocycles. The molecule has 4 aliphatic carbocycles. The fourth-order valence-electron chi connectivity index (χ4n) is 9.58. The van der Waals surface area contributed by atoms with Crippen molar-refractivity contribution >= 4 is 5.78 Å². The lowest BCUT2D eigenvalue weighted by Crippen LogP contribution is -2.52. The molecule has 6 aliphatic rings. The van der Waals surface area contributed by atoms with Crippen LogP contribution in [0.3, 0.4) is 0 Å². The van der Waals surface area contributed by atoms with Crippen molar-refractivity contribution < 1.29 is 14.3 Å². The van der Waals surface area contributed by atoms with E-state index < -0.39 is 0 Å².